The molecule has 1 aromatic heterocycles. The lowest BCUT2D eigenvalue weighted by molar-refractivity contribution is -0.385. The lowest BCUT2D eigenvalue weighted by Gasteiger charge is -2.13. The van der Waals surface area contributed by atoms with Gasteiger partial charge >= 0.3 is 0 Å². The summed E-state index contributed by atoms with van der Waals surface area (Å²) >= 11 is 5.70. The van der Waals surface area contributed by atoms with Crippen LogP contribution in [-0.4, -0.2) is 9.91 Å². The zero-order chi connectivity index (χ0) is 11.4. The summed E-state index contributed by atoms with van der Waals surface area (Å²) in [5.41, 5.74) is 5.12. The number of anilines is 1. The molecule has 0 aliphatic rings. The molecular weight excluding hydrogens is 222 g/mol. The summed E-state index contributed by atoms with van der Waals surface area (Å²) in [6.45, 7) is 0. The standard InChI is InChI=1S/C7H8ClN5O2/c8-7-6(12(10)2-1-9)3-5(4-11-7)13(14)15/h1-4H,9-10H2/b2-1-. The van der Waals surface area contributed by atoms with Gasteiger partial charge in [0.1, 0.15) is 11.9 Å². The maximum Gasteiger partial charge on any atom is 0.289 e. The van der Waals surface area contributed by atoms with Crippen LogP contribution >= 0.6 is 11.6 Å². The van der Waals surface area contributed by atoms with Crippen molar-refractivity contribution in [2.75, 3.05) is 5.01 Å². The minimum Gasteiger partial charge on any atom is -0.403 e. The van der Waals surface area contributed by atoms with Crippen molar-refractivity contribution in [2.45, 2.75) is 0 Å². The van der Waals surface area contributed by atoms with E-state index in [1.54, 1.807) is 0 Å². The summed E-state index contributed by atoms with van der Waals surface area (Å²) < 4.78 is 0. The molecule has 0 spiro atoms. The monoisotopic (exact) mass is 229 g/mol. The molecule has 0 amide bonds. The number of rotatable bonds is 3. The van der Waals surface area contributed by atoms with Gasteiger partial charge in [0, 0.05) is 18.5 Å². The molecule has 0 atom stereocenters. The normalized spacial score (nSPS) is 10.5. The molecule has 0 radical (unpaired) electrons. The number of aromatic nitrogens is 1. The van der Waals surface area contributed by atoms with Crippen LogP contribution < -0.4 is 16.6 Å². The van der Waals surface area contributed by atoms with E-state index in [-0.39, 0.29) is 16.5 Å². The highest BCUT2D eigenvalue weighted by molar-refractivity contribution is 6.32. The second kappa shape index (κ2) is 4.58. The van der Waals surface area contributed by atoms with E-state index in [0.29, 0.717) is 0 Å². The summed E-state index contributed by atoms with van der Waals surface area (Å²) in [6, 6.07) is 1.20. The van der Waals surface area contributed by atoms with E-state index in [2.05, 4.69) is 4.98 Å². The quantitative estimate of drug-likeness (QED) is 0.342. The molecule has 0 aliphatic carbocycles. The van der Waals surface area contributed by atoms with Gasteiger partial charge in [0.25, 0.3) is 5.69 Å². The van der Waals surface area contributed by atoms with Gasteiger partial charge in [0.15, 0.2) is 5.15 Å². The van der Waals surface area contributed by atoms with E-state index < -0.39 is 4.92 Å². The lowest BCUT2D eigenvalue weighted by atomic mass is 10.3. The van der Waals surface area contributed by atoms with Gasteiger partial charge < -0.3 is 5.73 Å². The van der Waals surface area contributed by atoms with E-state index >= 15 is 0 Å². The van der Waals surface area contributed by atoms with Crippen LogP contribution in [0.25, 0.3) is 0 Å². The second-order valence-electron chi connectivity index (χ2n) is 2.51. The molecule has 0 bridgehead atoms. The van der Waals surface area contributed by atoms with Crippen LogP contribution in [0.1, 0.15) is 0 Å². The van der Waals surface area contributed by atoms with Crippen molar-refractivity contribution in [1.29, 1.82) is 0 Å². The minimum atomic E-state index is -0.590. The Morgan fingerprint density at radius 3 is 2.87 bits per heavy atom. The minimum absolute atomic E-state index is 0.0567. The lowest BCUT2D eigenvalue weighted by Crippen LogP contribution is -2.25. The maximum absolute atomic E-state index is 10.5. The van der Waals surface area contributed by atoms with Crippen LogP contribution in [0, 0.1) is 10.1 Å². The molecule has 1 heterocycles. The van der Waals surface area contributed by atoms with Gasteiger partial charge in [-0.05, 0) is 0 Å². The molecule has 1 aromatic rings. The smallest absolute Gasteiger partial charge is 0.289 e. The van der Waals surface area contributed by atoms with Crippen molar-refractivity contribution in [3.8, 4) is 0 Å². The van der Waals surface area contributed by atoms with Crippen LogP contribution in [0.5, 0.6) is 0 Å². The number of nitro groups is 1. The summed E-state index contributed by atoms with van der Waals surface area (Å²) in [7, 11) is 0. The molecule has 0 saturated heterocycles. The van der Waals surface area contributed by atoms with Crippen molar-refractivity contribution >= 4 is 23.0 Å². The highest BCUT2D eigenvalue weighted by Gasteiger charge is 2.13. The fraction of sp³-hybridized carbons (Fsp3) is 0. The molecule has 0 aromatic carbocycles. The largest absolute Gasteiger partial charge is 0.403 e. The Bertz CT molecular complexity index is 408. The van der Waals surface area contributed by atoms with Gasteiger partial charge in [-0.3, -0.25) is 15.1 Å². The predicted molar refractivity (Wildman–Crippen MR) is 55.9 cm³/mol. The summed E-state index contributed by atoms with van der Waals surface area (Å²) in [5.74, 6) is 5.49. The van der Waals surface area contributed by atoms with Gasteiger partial charge in [-0.15, -0.1) is 0 Å². The highest BCUT2D eigenvalue weighted by atomic mass is 35.5. The predicted octanol–water partition coefficient (Wildman–Crippen LogP) is 0.753. The Morgan fingerprint density at radius 1 is 1.67 bits per heavy atom. The fourth-order valence-corrected chi connectivity index (χ4v) is 1.08. The summed E-state index contributed by atoms with van der Waals surface area (Å²) in [4.78, 5) is 13.5. The maximum atomic E-state index is 10.5. The van der Waals surface area contributed by atoms with Crippen molar-refractivity contribution in [3.05, 3.63) is 39.9 Å². The van der Waals surface area contributed by atoms with E-state index in [0.717, 1.165) is 11.2 Å². The number of nitrogens with zero attached hydrogens (tertiary/aromatic N) is 3. The second-order valence-corrected chi connectivity index (χ2v) is 2.87. The third-order valence-corrected chi connectivity index (χ3v) is 1.83. The molecule has 0 saturated carbocycles. The number of pyridine rings is 1. The van der Waals surface area contributed by atoms with Crippen LogP contribution in [0.4, 0.5) is 11.4 Å². The Morgan fingerprint density at radius 2 is 2.33 bits per heavy atom. The summed E-state index contributed by atoms with van der Waals surface area (Å²) in [5, 5.41) is 11.6. The number of halogens is 1. The average Bonchev–Trinajstić information content (AvgIpc) is 2.18. The van der Waals surface area contributed by atoms with E-state index in [4.69, 9.17) is 23.2 Å². The summed E-state index contributed by atoms with van der Waals surface area (Å²) in [6.07, 6.45) is 3.52. The first-order chi connectivity index (χ1) is 7.06. The Balaban J connectivity index is 3.15. The topological polar surface area (TPSA) is 111 Å². The van der Waals surface area contributed by atoms with Gasteiger partial charge in [-0.25, -0.2) is 10.8 Å². The van der Waals surface area contributed by atoms with Crippen LogP contribution in [-0.2, 0) is 0 Å². The van der Waals surface area contributed by atoms with Crippen molar-refractivity contribution in [1.82, 2.24) is 4.98 Å². The molecule has 0 aliphatic heterocycles. The number of nitrogens with two attached hydrogens (primary N) is 2. The Labute approximate surface area is 90.1 Å². The third kappa shape index (κ3) is 2.55. The Hall–Kier alpha value is -1.86. The van der Waals surface area contributed by atoms with Crippen molar-refractivity contribution in [2.24, 2.45) is 11.6 Å². The van der Waals surface area contributed by atoms with Crippen LogP contribution in [0.2, 0.25) is 5.15 Å². The molecule has 15 heavy (non-hydrogen) atoms. The van der Waals surface area contributed by atoms with Gasteiger partial charge in [-0.1, -0.05) is 11.6 Å². The van der Waals surface area contributed by atoms with Crippen LogP contribution in [0.3, 0.4) is 0 Å². The SMILES string of the molecule is N/C=C\N(N)c1cc([N+](=O)[O-])cnc1Cl. The van der Waals surface area contributed by atoms with Crippen molar-refractivity contribution < 1.29 is 4.92 Å². The number of hydrogen-bond acceptors (Lipinski definition) is 6. The Kier molecular flexibility index (Phi) is 3.42. The number of hydrazine groups is 1. The molecule has 7 nitrogen and oxygen atoms in total. The van der Waals surface area contributed by atoms with Gasteiger partial charge in [0.2, 0.25) is 0 Å². The van der Waals surface area contributed by atoms with Crippen molar-refractivity contribution in [3.63, 3.8) is 0 Å². The third-order valence-electron chi connectivity index (χ3n) is 1.54. The average molecular weight is 230 g/mol. The molecule has 4 N–H and O–H groups in total. The molecule has 8 heteroatoms. The molecular formula is C7H8ClN5O2. The number of hydrogen-bond donors (Lipinski definition) is 2. The molecule has 1 rings (SSSR count). The molecule has 0 unspecified atom stereocenters. The molecule has 80 valence electrons. The van der Waals surface area contributed by atoms with E-state index in [1.807, 2.05) is 0 Å². The molecule has 0 fully saturated rings. The van der Waals surface area contributed by atoms with Crippen LogP contribution in [0.15, 0.2) is 24.7 Å². The first kappa shape index (κ1) is 11.2. The van der Waals surface area contributed by atoms with E-state index in [9.17, 15) is 10.1 Å². The highest BCUT2D eigenvalue weighted by Crippen LogP contribution is 2.25. The first-order valence-electron chi connectivity index (χ1n) is 3.78. The van der Waals surface area contributed by atoms with E-state index in [1.165, 1.54) is 18.5 Å². The zero-order valence-electron chi connectivity index (χ0n) is 7.50. The zero-order valence-corrected chi connectivity index (χ0v) is 8.26. The first-order valence-corrected chi connectivity index (χ1v) is 4.16. The van der Waals surface area contributed by atoms with Gasteiger partial charge in [0.05, 0.1) is 4.92 Å². The fourth-order valence-electron chi connectivity index (χ4n) is 0.880. The van der Waals surface area contributed by atoms with Gasteiger partial charge in [-0.2, -0.15) is 0 Å².